The Hall–Kier alpha value is -5.33. The average Bonchev–Trinajstić information content (AvgIpc) is 3.06. The van der Waals surface area contributed by atoms with E-state index in [0.717, 1.165) is 24.6 Å². The largest absolute Gasteiger partial charge is 0.494 e. The van der Waals surface area contributed by atoms with Crippen molar-refractivity contribution < 1.29 is 41.7 Å². The van der Waals surface area contributed by atoms with Crippen LogP contribution in [0.3, 0.4) is 0 Å². The van der Waals surface area contributed by atoms with E-state index in [2.05, 4.69) is 33.6 Å². The fourth-order valence-corrected chi connectivity index (χ4v) is 3.60. The number of halogens is 3. The number of esters is 2. The summed E-state index contributed by atoms with van der Waals surface area (Å²) in [5, 5.41) is 16.3. The molecule has 3 aromatic carbocycles. The molecule has 13 heteroatoms. The van der Waals surface area contributed by atoms with Crippen LogP contribution in [0.25, 0.3) is 0 Å². The Labute approximate surface area is 264 Å². The van der Waals surface area contributed by atoms with Gasteiger partial charge in [-0.15, -0.1) is 0 Å². The molecule has 0 aliphatic heterocycles. The van der Waals surface area contributed by atoms with E-state index in [1.54, 1.807) is 48.5 Å². The van der Waals surface area contributed by atoms with Gasteiger partial charge in [0, 0.05) is 12.2 Å². The minimum atomic E-state index is -4.66. The first-order valence-corrected chi connectivity index (χ1v) is 14.3. The topological polar surface area (TPSA) is 120 Å². The van der Waals surface area contributed by atoms with Crippen molar-refractivity contribution in [3.05, 3.63) is 97.6 Å². The number of unbranched alkanes of at least 4 members (excludes halogenated alkanes) is 2. The third-order valence-corrected chi connectivity index (χ3v) is 5.94. The lowest BCUT2D eigenvalue weighted by molar-refractivity contribution is -0.139. The highest BCUT2D eigenvalue weighted by Gasteiger charge is 2.34. The molecule has 0 aliphatic carbocycles. The molecule has 0 heterocycles. The average molecular weight is 639 g/mol. The van der Waals surface area contributed by atoms with Crippen LogP contribution in [0.2, 0.25) is 0 Å². The highest BCUT2D eigenvalue weighted by molar-refractivity contribution is 5.81. The first-order valence-electron chi connectivity index (χ1n) is 14.3. The maximum Gasteiger partial charge on any atom is 0.420 e. The summed E-state index contributed by atoms with van der Waals surface area (Å²) in [6.07, 6.45) is -0.292. The number of hydrogen-bond acceptors (Lipinski definition) is 10. The summed E-state index contributed by atoms with van der Waals surface area (Å²) >= 11 is 0. The number of ether oxygens (including phenoxy) is 4. The van der Waals surface area contributed by atoms with E-state index in [1.165, 1.54) is 12.1 Å². The molecular formula is C33H33F3N4O6. The highest BCUT2D eigenvalue weighted by atomic mass is 19.4. The molecule has 0 atom stereocenters. The van der Waals surface area contributed by atoms with Crippen LogP contribution in [0.1, 0.15) is 31.2 Å². The number of azo groups is 2. The highest BCUT2D eigenvalue weighted by Crippen LogP contribution is 2.39. The van der Waals surface area contributed by atoms with Crippen LogP contribution >= 0.6 is 0 Å². The van der Waals surface area contributed by atoms with E-state index in [1.807, 2.05) is 0 Å². The summed E-state index contributed by atoms with van der Waals surface area (Å²) in [6, 6.07) is 17.0. The molecule has 0 amide bonds. The summed E-state index contributed by atoms with van der Waals surface area (Å²) in [7, 11) is 0. The van der Waals surface area contributed by atoms with Gasteiger partial charge in [0.25, 0.3) is 0 Å². The normalized spacial score (nSPS) is 11.4. The van der Waals surface area contributed by atoms with Crippen molar-refractivity contribution in [3.8, 4) is 11.5 Å². The molecule has 0 spiro atoms. The fraction of sp³-hybridized carbons (Fsp3) is 0.273. The second kappa shape index (κ2) is 18.5. The van der Waals surface area contributed by atoms with Gasteiger partial charge in [-0.25, -0.2) is 9.59 Å². The molecule has 0 aliphatic rings. The predicted molar refractivity (Wildman–Crippen MR) is 164 cm³/mol. The van der Waals surface area contributed by atoms with Crippen molar-refractivity contribution in [2.24, 2.45) is 20.5 Å². The molecule has 0 fully saturated rings. The third-order valence-electron chi connectivity index (χ3n) is 5.94. The molecule has 0 aromatic heterocycles. The maximum absolute atomic E-state index is 13.7. The Balaban J connectivity index is 1.49. The molecule has 242 valence electrons. The zero-order chi connectivity index (χ0) is 33.2. The SMILES string of the molecule is C=CC(=O)OCCCCOc1ccc(N=Nc2ccc(N=Nc3ccc(OCCCCOC(=O)C=C)c(C(F)(F)F)c3)cc2)cc1. The van der Waals surface area contributed by atoms with E-state index in [4.69, 9.17) is 18.9 Å². The molecule has 3 rings (SSSR count). The van der Waals surface area contributed by atoms with Gasteiger partial charge in [-0.3, -0.25) is 0 Å². The smallest absolute Gasteiger partial charge is 0.420 e. The quantitative estimate of drug-likeness (QED) is 0.0593. The van der Waals surface area contributed by atoms with Crippen LogP contribution < -0.4 is 9.47 Å². The Bertz CT molecular complexity index is 1510. The van der Waals surface area contributed by atoms with Gasteiger partial charge in [0.15, 0.2) is 0 Å². The first-order chi connectivity index (χ1) is 22.2. The molecule has 0 unspecified atom stereocenters. The van der Waals surface area contributed by atoms with Gasteiger partial charge in [-0.1, -0.05) is 13.2 Å². The molecule has 3 aromatic rings. The molecule has 10 nitrogen and oxygen atoms in total. The van der Waals surface area contributed by atoms with Crippen molar-refractivity contribution in [1.29, 1.82) is 0 Å². The van der Waals surface area contributed by atoms with Gasteiger partial charge in [0.05, 0.1) is 54.7 Å². The van der Waals surface area contributed by atoms with Crippen LogP contribution in [0.5, 0.6) is 11.5 Å². The monoisotopic (exact) mass is 638 g/mol. The zero-order valence-corrected chi connectivity index (χ0v) is 24.9. The number of benzene rings is 3. The van der Waals surface area contributed by atoms with Crippen LogP contribution in [0.4, 0.5) is 35.9 Å². The van der Waals surface area contributed by atoms with Crippen LogP contribution in [0, 0.1) is 0 Å². The Morgan fingerprint density at radius 3 is 1.50 bits per heavy atom. The number of alkyl halides is 3. The number of rotatable bonds is 18. The molecule has 0 saturated heterocycles. The summed E-state index contributed by atoms with van der Waals surface area (Å²) in [6.45, 7) is 7.54. The Morgan fingerprint density at radius 2 is 1.02 bits per heavy atom. The number of nitrogens with zero attached hydrogens (tertiary/aromatic N) is 4. The van der Waals surface area contributed by atoms with Crippen LogP contribution in [-0.4, -0.2) is 38.4 Å². The number of hydrogen-bond donors (Lipinski definition) is 0. The van der Waals surface area contributed by atoms with Crippen molar-refractivity contribution >= 4 is 34.7 Å². The molecular weight excluding hydrogens is 605 g/mol. The number of carbonyl (C=O) groups excluding carboxylic acids is 2. The van der Waals surface area contributed by atoms with Crippen LogP contribution in [-0.2, 0) is 25.2 Å². The van der Waals surface area contributed by atoms with Gasteiger partial charge in [0.2, 0.25) is 0 Å². The van der Waals surface area contributed by atoms with Crippen molar-refractivity contribution in [1.82, 2.24) is 0 Å². The second-order valence-corrected chi connectivity index (χ2v) is 9.44. The van der Waals surface area contributed by atoms with Gasteiger partial charge in [-0.05, 0) is 92.4 Å². The van der Waals surface area contributed by atoms with Crippen molar-refractivity contribution in [2.75, 3.05) is 26.4 Å². The van der Waals surface area contributed by atoms with E-state index < -0.39 is 23.7 Å². The molecule has 0 bridgehead atoms. The van der Waals surface area contributed by atoms with Crippen molar-refractivity contribution in [3.63, 3.8) is 0 Å². The van der Waals surface area contributed by atoms with E-state index >= 15 is 0 Å². The third kappa shape index (κ3) is 12.7. The second-order valence-electron chi connectivity index (χ2n) is 9.44. The summed E-state index contributed by atoms with van der Waals surface area (Å²) in [5.41, 5.74) is 0.582. The molecule has 0 saturated carbocycles. The summed E-state index contributed by atoms with van der Waals surface area (Å²) in [4.78, 5) is 22.0. The predicted octanol–water partition coefficient (Wildman–Crippen LogP) is 9.31. The Kier molecular flexibility index (Phi) is 14.1. The minimum Gasteiger partial charge on any atom is -0.494 e. The van der Waals surface area contributed by atoms with E-state index in [0.29, 0.717) is 55.3 Å². The van der Waals surface area contributed by atoms with E-state index in [-0.39, 0.29) is 24.7 Å². The first kappa shape index (κ1) is 35.2. The molecule has 0 N–H and O–H groups in total. The van der Waals surface area contributed by atoms with Gasteiger partial charge in [-0.2, -0.15) is 33.6 Å². The molecule has 0 radical (unpaired) electrons. The van der Waals surface area contributed by atoms with E-state index in [9.17, 15) is 22.8 Å². The molecule has 46 heavy (non-hydrogen) atoms. The van der Waals surface area contributed by atoms with Gasteiger partial charge in [0.1, 0.15) is 11.5 Å². The van der Waals surface area contributed by atoms with Gasteiger partial charge < -0.3 is 18.9 Å². The standard InChI is InChI=1S/C33H33F3N4O6/c1-3-31(41)45-21-7-5-19-43-28-16-13-26(14-17-28)38-37-24-9-11-25(12-10-24)39-40-27-15-18-30(29(23-27)33(34,35)36)44-20-6-8-22-46-32(42)4-2/h3-4,9-18,23H,1-2,5-8,19-22H2. The summed E-state index contributed by atoms with van der Waals surface area (Å²) < 4.78 is 61.7. The lowest BCUT2D eigenvalue weighted by Gasteiger charge is -2.14. The fourth-order valence-electron chi connectivity index (χ4n) is 3.60. The Morgan fingerprint density at radius 1 is 0.609 bits per heavy atom. The number of carbonyl (C=O) groups is 2. The van der Waals surface area contributed by atoms with Crippen molar-refractivity contribution in [2.45, 2.75) is 31.9 Å². The lowest BCUT2D eigenvalue weighted by atomic mass is 10.1. The zero-order valence-electron chi connectivity index (χ0n) is 24.9. The maximum atomic E-state index is 13.7. The summed E-state index contributed by atoms with van der Waals surface area (Å²) in [5.74, 6) is -0.666. The lowest BCUT2D eigenvalue weighted by Crippen LogP contribution is -2.10. The van der Waals surface area contributed by atoms with Gasteiger partial charge >= 0.3 is 18.1 Å². The minimum absolute atomic E-state index is 0.00114. The van der Waals surface area contributed by atoms with Crippen LogP contribution in [0.15, 0.2) is 112 Å².